The number of aliphatic hydroxyl groups excluding tert-OH is 1. The lowest BCUT2D eigenvalue weighted by Crippen LogP contribution is -2.51. The molecule has 18 heavy (non-hydrogen) atoms. The summed E-state index contributed by atoms with van der Waals surface area (Å²) in [5.74, 6) is -1.30. The number of hydrogen-bond acceptors (Lipinski definition) is 5. The van der Waals surface area contributed by atoms with Crippen molar-refractivity contribution < 1.29 is 23.4 Å². The molecule has 2 saturated heterocycles. The van der Waals surface area contributed by atoms with Gasteiger partial charge < -0.3 is 10.2 Å². The van der Waals surface area contributed by atoms with Crippen LogP contribution in [-0.2, 0) is 14.6 Å². The molecule has 0 amide bonds. The summed E-state index contributed by atoms with van der Waals surface area (Å²) in [6.45, 7) is 0.550. The molecule has 0 aliphatic carbocycles. The molecule has 0 radical (unpaired) electrons. The first kappa shape index (κ1) is 13.8. The van der Waals surface area contributed by atoms with Crippen LogP contribution in [0.5, 0.6) is 0 Å². The van der Waals surface area contributed by atoms with Crippen LogP contribution in [0.25, 0.3) is 0 Å². The predicted octanol–water partition coefficient (Wildman–Crippen LogP) is -0.526. The Balaban J connectivity index is 2.20. The molecule has 7 heteroatoms. The summed E-state index contributed by atoms with van der Waals surface area (Å²) in [4.78, 5) is 13.0. The maximum Gasteiger partial charge on any atom is 0.320 e. The Morgan fingerprint density at radius 1 is 1.17 bits per heavy atom. The number of carboxylic acids is 1. The number of aliphatic carboxylic acids is 1. The molecule has 104 valence electrons. The van der Waals surface area contributed by atoms with Crippen molar-refractivity contribution in [1.29, 1.82) is 0 Å². The number of carbonyl (C=O) groups is 1. The van der Waals surface area contributed by atoms with Gasteiger partial charge in [-0.15, -0.1) is 0 Å². The Morgan fingerprint density at radius 2 is 1.89 bits per heavy atom. The number of hydrogen-bond donors (Lipinski definition) is 2. The Hall–Kier alpha value is -0.660. The highest BCUT2D eigenvalue weighted by Crippen LogP contribution is 2.25. The first-order valence-electron chi connectivity index (χ1n) is 6.28. The van der Waals surface area contributed by atoms with Gasteiger partial charge in [-0.25, -0.2) is 8.42 Å². The van der Waals surface area contributed by atoms with Gasteiger partial charge in [0.25, 0.3) is 0 Å². The molecule has 0 spiro atoms. The molecule has 2 rings (SSSR count). The lowest BCUT2D eigenvalue weighted by molar-refractivity contribution is -0.145. The second-order valence-corrected chi connectivity index (χ2v) is 7.31. The average molecular weight is 277 g/mol. The number of aliphatic hydroxyl groups is 1. The highest BCUT2D eigenvalue weighted by atomic mass is 32.2. The Bertz CT molecular complexity index is 421. The van der Waals surface area contributed by atoms with E-state index in [1.165, 1.54) is 0 Å². The van der Waals surface area contributed by atoms with Gasteiger partial charge >= 0.3 is 5.97 Å². The third-order valence-electron chi connectivity index (χ3n) is 3.80. The van der Waals surface area contributed by atoms with Crippen LogP contribution in [0.3, 0.4) is 0 Å². The van der Waals surface area contributed by atoms with Crippen LogP contribution in [-0.4, -0.2) is 65.7 Å². The number of sulfone groups is 1. The Labute approximate surface area is 107 Å². The first-order valence-corrected chi connectivity index (χ1v) is 8.10. The van der Waals surface area contributed by atoms with E-state index >= 15 is 0 Å². The molecule has 2 aliphatic heterocycles. The summed E-state index contributed by atoms with van der Waals surface area (Å²) in [5, 5.41) is 19.1. The fraction of sp³-hybridized carbons (Fsp3) is 0.909. The average Bonchev–Trinajstić information content (AvgIpc) is 2.48. The van der Waals surface area contributed by atoms with Gasteiger partial charge in [0.05, 0.1) is 23.7 Å². The van der Waals surface area contributed by atoms with Crippen LogP contribution in [0.4, 0.5) is 0 Å². The van der Waals surface area contributed by atoms with Crippen molar-refractivity contribution in [2.45, 2.75) is 43.9 Å². The molecular formula is C11H19NO5S. The molecule has 3 atom stereocenters. The zero-order valence-corrected chi connectivity index (χ0v) is 11.0. The molecule has 0 aromatic heterocycles. The first-order chi connectivity index (χ1) is 8.41. The van der Waals surface area contributed by atoms with Gasteiger partial charge in [-0.3, -0.25) is 9.69 Å². The van der Waals surface area contributed by atoms with Crippen molar-refractivity contribution in [1.82, 2.24) is 4.90 Å². The summed E-state index contributed by atoms with van der Waals surface area (Å²) in [6.07, 6.45) is 2.21. The molecule has 2 fully saturated rings. The monoisotopic (exact) mass is 277 g/mol. The molecule has 0 saturated carbocycles. The minimum absolute atomic E-state index is 0.127. The van der Waals surface area contributed by atoms with Gasteiger partial charge in [0.2, 0.25) is 0 Å². The number of carboxylic acid groups (broad SMARTS) is 1. The molecule has 0 aromatic carbocycles. The molecule has 2 N–H and O–H groups in total. The van der Waals surface area contributed by atoms with E-state index in [0.717, 1.165) is 19.3 Å². The Morgan fingerprint density at radius 3 is 2.44 bits per heavy atom. The van der Waals surface area contributed by atoms with E-state index in [4.69, 9.17) is 0 Å². The van der Waals surface area contributed by atoms with E-state index in [1.54, 1.807) is 4.90 Å². The second-order valence-electron chi connectivity index (χ2n) is 5.15. The van der Waals surface area contributed by atoms with Gasteiger partial charge in [-0.05, 0) is 19.4 Å². The van der Waals surface area contributed by atoms with Crippen molar-refractivity contribution in [3.63, 3.8) is 0 Å². The van der Waals surface area contributed by atoms with E-state index < -0.39 is 34.0 Å². The number of likely N-dealkylation sites (tertiary alicyclic amines) is 1. The lowest BCUT2D eigenvalue weighted by Gasteiger charge is -2.33. The van der Waals surface area contributed by atoms with E-state index in [0.29, 0.717) is 13.0 Å². The van der Waals surface area contributed by atoms with Crippen LogP contribution in [0.15, 0.2) is 0 Å². The maximum absolute atomic E-state index is 11.5. The van der Waals surface area contributed by atoms with Gasteiger partial charge in [0.15, 0.2) is 9.84 Å². The quantitative estimate of drug-likeness (QED) is 0.705. The van der Waals surface area contributed by atoms with E-state index in [-0.39, 0.29) is 11.5 Å². The Kier molecular flexibility index (Phi) is 3.93. The van der Waals surface area contributed by atoms with Crippen molar-refractivity contribution in [3.05, 3.63) is 0 Å². The van der Waals surface area contributed by atoms with Gasteiger partial charge in [-0.1, -0.05) is 12.8 Å². The third-order valence-corrected chi connectivity index (χ3v) is 5.50. The van der Waals surface area contributed by atoms with Crippen LogP contribution >= 0.6 is 0 Å². The molecule has 2 aliphatic rings. The van der Waals surface area contributed by atoms with Crippen LogP contribution < -0.4 is 0 Å². The predicted molar refractivity (Wildman–Crippen MR) is 65.0 cm³/mol. The van der Waals surface area contributed by atoms with Gasteiger partial charge in [0.1, 0.15) is 6.04 Å². The largest absolute Gasteiger partial charge is 0.480 e. The van der Waals surface area contributed by atoms with Crippen molar-refractivity contribution in [2.75, 3.05) is 18.1 Å². The van der Waals surface area contributed by atoms with Crippen LogP contribution in [0, 0.1) is 0 Å². The molecular weight excluding hydrogens is 258 g/mol. The fourth-order valence-electron chi connectivity index (χ4n) is 2.92. The highest BCUT2D eigenvalue weighted by Gasteiger charge is 2.43. The van der Waals surface area contributed by atoms with Crippen molar-refractivity contribution >= 4 is 15.8 Å². The molecule has 0 bridgehead atoms. The number of nitrogens with zero attached hydrogens (tertiary/aromatic N) is 1. The summed E-state index contributed by atoms with van der Waals surface area (Å²) in [6, 6.07) is -1.23. The van der Waals surface area contributed by atoms with Gasteiger partial charge in [-0.2, -0.15) is 0 Å². The molecule has 3 unspecified atom stereocenters. The minimum atomic E-state index is -3.24. The minimum Gasteiger partial charge on any atom is -0.480 e. The maximum atomic E-state index is 11.5. The van der Waals surface area contributed by atoms with Crippen LogP contribution in [0.2, 0.25) is 0 Å². The summed E-state index contributed by atoms with van der Waals surface area (Å²) < 4.78 is 23.0. The zero-order valence-electron chi connectivity index (χ0n) is 10.2. The van der Waals surface area contributed by atoms with Gasteiger partial charge in [0, 0.05) is 0 Å². The summed E-state index contributed by atoms with van der Waals surface area (Å²) in [5.41, 5.74) is 0. The van der Waals surface area contributed by atoms with E-state index in [1.807, 2.05) is 0 Å². The lowest BCUT2D eigenvalue weighted by atomic mass is 10.1. The second kappa shape index (κ2) is 5.14. The SMILES string of the molecule is O=C(O)C1CCCCCN1C1CS(=O)(=O)CC1O. The van der Waals surface area contributed by atoms with E-state index in [9.17, 15) is 23.4 Å². The smallest absolute Gasteiger partial charge is 0.320 e. The zero-order chi connectivity index (χ0) is 13.3. The third kappa shape index (κ3) is 2.84. The fourth-order valence-corrected chi connectivity index (χ4v) is 4.73. The normalized spacial score (nSPS) is 37.3. The standard InChI is InChI=1S/C11H19NO5S/c13-10-7-18(16,17)6-9(10)12-5-3-1-2-4-8(12)11(14)15/h8-10,13H,1-7H2,(H,14,15). The van der Waals surface area contributed by atoms with Crippen molar-refractivity contribution in [2.24, 2.45) is 0 Å². The van der Waals surface area contributed by atoms with Crippen LogP contribution in [0.1, 0.15) is 25.7 Å². The van der Waals surface area contributed by atoms with Crippen molar-refractivity contribution in [3.8, 4) is 0 Å². The highest BCUT2D eigenvalue weighted by molar-refractivity contribution is 7.91. The van der Waals surface area contributed by atoms with E-state index in [2.05, 4.69) is 0 Å². The summed E-state index contributed by atoms with van der Waals surface area (Å²) in [7, 11) is -3.24. The molecule has 6 nitrogen and oxygen atoms in total. The molecule has 0 aromatic rings. The molecule has 2 heterocycles. The topological polar surface area (TPSA) is 94.9 Å². The summed E-state index contributed by atoms with van der Waals surface area (Å²) >= 11 is 0. The number of rotatable bonds is 2.